The van der Waals surface area contributed by atoms with Crippen molar-refractivity contribution in [3.05, 3.63) is 79.2 Å². The first kappa shape index (κ1) is 22.3. The molecule has 0 spiro atoms. The van der Waals surface area contributed by atoms with Gasteiger partial charge < -0.3 is 29.2 Å². The van der Waals surface area contributed by atoms with Gasteiger partial charge in [0.05, 0.1) is 39.4 Å². The number of allylic oxidation sites excluding steroid dienone is 1. The molecule has 9 heteroatoms. The van der Waals surface area contributed by atoms with Gasteiger partial charge in [-0.25, -0.2) is 0 Å². The summed E-state index contributed by atoms with van der Waals surface area (Å²) in [7, 11) is 4.50. The molecular formula is C24H23N3O5S. The number of rotatable bonds is 6. The molecule has 0 saturated heterocycles. The third-order valence-corrected chi connectivity index (χ3v) is 6.49. The largest absolute Gasteiger partial charge is 0.493 e. The van der Waals surface area contributed by atoms with Crippen LogP contribution in [0.4, 0.5) is 0 Å². The fourth-order valence-corrected chi connectivity index (χ4v) is 4.80. The minimum absolute atomic E-state index is 0.0540. The molecule has 0 radical (unpaired) electrons. The molecule has 0 aliphatic carbocycles. The van der Waals surface area contributed by atoms with Crippen molar-refractivity contribution >= 4 is 11.3 Å². The molecule has 0 unspecified atom stereocenters. The molecule has 33 heavy (non-hydrogen) atoms. The molecule has 0 saturated carbocycles. The highest BCUT2D eigenvalue weighted by atomic mass is 32.1. The Labute approximate surface area is 195 Å². The lowest BCUT2D eigenvalue weighted by Crippen LogP contribution is -2.33. The van der Waals surface area contributed by atoms with Crippen LogP contribution in [0.1, 0.15) is 27.6 Å². The number of nitriles is 1. The summed E-state index contributed by atoms with van der Waals surface area (Å²) in [6.07, 6.45) is 0. The average Bonchev–Trinajstić information content (AvgIpc) is 3.33. The molecule has 1 aliphatic heterocycles. The normalized spacial score (nSPS) is 14.8. The minimum atomic E-state index is -0.809. The zero-order chi connectivity index (χ0) is 23.7. The van der Waals surface area contributed by atoms with E-state index in [-0.39, 0.29) is 17.0 Å². The third-order valence-electron chi connectivity index (χ3n) is 5.63. The number of nitrogens with two attached hydrogens (primary N) is 1. The number of ether oxygens (including phenoxy) is 4. The summed E-state index contributed by atoms with van der Waals surface area (Å²) in [6.45, 7) is 2.25. The summed E-state index contributed by atoms with van der Waals surface area (Å²) in [5.41, 5.74) is 7.57. The summed E-state index contributed by atoms with van der Waals surface area (Å²) < 4.78 is 24.0. The van der Waals surface area contributed by atoms with E-state index in [0.717, 1.165) is 10.6 Å². The van der Waals surface area contributed by atoms with E-state index in [1.807, 2.05) is 24.4 Å². The van der Waals surface area contributed by atoms with E-state index in [0.29, 0.717) is 40.7 Å². The fraction of sp³-hybridized carbons (Fsp3) is 0.250. The van der Waals surface area contributed by atoms with E-state index in [4.69, 9.17) is 24.7 Å². The van der Waals surface area contributed by atoms with Crippen LogP contribution in [0.2, 0.25) is 0 Å². The second kappa shape index (κ2) is 8.92. The first-order valence-corrected chi connectivity index (χ1v) is 11.0. The Hall–Kier alpha value is -3.90. The van der Waals surface area contributed by atoms with E-state index < -0.39 is 5.92 Å². The van der Waals surface area contributed by atoms with Crippen LogP contribution in [0, 0.1) is 18.3 Å². The lowest BCUT2D eigenvalue weighted by atomic mass is 9.83. The van der Waals surface area contributed by atoms with Crippen LogP contribution in [0.3, 0.4) is 0 Å². The maximum absolute atomic E-state index is 13.8. The molecule has 1 aliphatic rings. The van der Waals surface area contributed by atoms with Crippen molar-refractivity contribution in [2.24, 2.45) is 5.73 Å². The molecule has 2 aromatic heterocycles. The Morgan fingerprint density at radius 1 is 1.18 bits per heavy atom. The summed E-state index contributed by atoms with van der Waals surface area (Å²) in [4.78, 5) is 14.8. The van der Waals surface area contributed by atoms with E-state index in [1.54, 1.807) is 34.1 Å². The van der Waals surface area contributed by atoms with E-state index >= 15 is 0 Å². The van der Waals surface area contributed by atoms with Crippen LogP contribution in [-0.2, 0) is 6.54 Å². The van der Waals surface area contributed by atoms with Crippen LogP contribution in [0.5, 0.6) is 23.0 Å². The van der Waals surface area contributed by atoms with Gasteiger partial charge in [0.2, 0.25) is 11.6 Å². The summed E-state index contributed by atoms with van der Waals surface area (Å²) in [6, 6.07) is 11.3. The lowest BCUT2D eigenvalue weighted by molar-refractivity contribution is 0.321. The predicted molar refractivity (Wildman–Crippen MR) is 124 cm³/mol. The smallest absolute Gasteiger partial charge is 0.259 e. The van der Waals surface area contributed by atoms with Crippen molar-refractivity contribution in [2.75, 3.05) is 21.3 Å². The van der Waals surface area contributed by atoms with E-state index in [9.17, 15) is 10.1 Å². The number of fused-ring (bicyclic) bond motifs is 1. The monoisotopic (exact) mass is 465 g/mol. The van der Waals surface area contributed by atoms with E-state index in [2.05, 4.69) is 6.07 Å². The highest BCUT2D eigenvalue weighted by Crippen LogP contribution is 2.49. The maximum Gasteiger partial charge on any atom is 0.259 e. The molecule has 0 amide bonds. The number of pyridine rings is 1. The van der Waals surface area contributed by atoms with Gasteiger partial charge in [0.25, 0.3) is 5.56 Å². The van der Waals surface area contributed by atoms with E-state index in [1.165, 1.54) is 21.3 Å². The fourth-order valence-electron chi connectivity index (χ4n) is 4.10. The number of nitrogens with zero attached hydrogens (tertiary/aromatic N) is 2. The summed E-state index contributed by atoms with van der Waals surface area (Å²) in [5, 5.41) is 11.9. The Morgan fingerprint density at radius 3 is 2.55 bits per heavy atom. The van der Waals surface area contributed by atoms with Crippen molar-refractivity contribution in [3.63, 3.8) is 0 Å². The van der Waals surface area contributed by atoms with Crippen molar-refractivity contribution in [1.82, 2.24) is 4.57 Å². The molecule has 1 atom stereocenters. The SMILES string of the molecule is COc1ccc([C@@H]2C(C#N)=C(N)Oc3cc(C)n(Cc4cccs4)c(=O)c32)c(OC)c1OC. The zero-order valence-electron chi connectivity index (χ0n) is 18.7. The highest BCUT2D eigenvalue weighted by molar-refractivity contribution is 7.09. The molecule has 4 rings (SSSR count). The van der Waals surface area contributed by atoms with Crippen molar-refractivity contribution in [2.45, 2.75) is 19.4 Å². The standard InChI is InChI=1S/C24H23N3O5S/c1-13-10-18-20(24(28)27(13)12-14-6-5-9-33-14)19(16(11-25)23(26)32-18)15-7-8-17(29-2)22(31-4)21(15)30-3/h5-10,19H,12,26H2,1-4H3/t19-/m1/s1. The van der Waals surface area contributed by atoms with Gasteiger partial charge in [0.1, 0.15) is 17.4 Å². The van der Waals surface area contributed by atoms with Crippen molar-refractivity contribution in [3.8, 4) is 29.1 Å². The quantitative estimate of drug-likeness (QED) is 0.593. The van der Waals surface area contributed by atoms with Gasteiger partial charge in [0, 0.05) is 22.2 Å². The molecule has 3 aromatic rings. The van der Waals surface area contributed by atoms with Gasteiger partial charge in [-0.3, -0.25) is 4.79 Å². The predicted octanol–water partition coefficient (Wildman–Crippen LogP) is 3.51. The number of hydrogen-bond acceptors (Lipinski definition) is 8. The van der Waals surface area contributed by atoms with Gasteiger partial charge >= 0.3 is 0 Å². The molecule has 2 N–H and O–H groups in total. The van der Waals surface area contributed by atoms with Gasteiger partial charge in [-0.2, -0.15) is 5.26 Å². The van der Waals surface area contributed by atoms with Crippen LogP contribution >= 0.6 is 11.3 Å². The first-order chi connectivity index (χ1) is 15.9. The lowest BCUT2D eigenvalue weighted by Gasteiger charge is -2.28. The van der Waals surface area contributed by atoms with Gasteiger partial charge in [-0.05, 0) is 24.4 Å². The summed E-state index contributed by atoms with van der Waals surface area (Å²) >= 11 is 1.57. The van der Waals surface area contributed by atoms with Crippen molar-refractivity contribution in [1.29, 1.82) is 5.26 Å². The van der Waals surface area contributed by atoms with Crippen LogP contribution in [0.15, 0.2) is 52.0 Å². The number of hydrogen-bond donors (Lipinski definition) is 1. The number of thiophene rings is 1. The first-order valence-electron chi connectivity index (χ1n) is 10.1. The Balaban J connectivity index is 2.01. The molecule has 170 valence electrons. The van der Waals surface area contributed by atoms with Gasteiger partial charge in [-0.1, -0.05) is 12.1 Å². The Morgan fingerprint density at radius 2 is 1.94 bits per heavy atom. The molecule has 0 fully saturated rings. The van der Waals surface area contributed by atoms with Crippen LogP contribution in [0.25, 0.3) is 0 Å². The molecule has 8 nitrogen and oxygen atoms in total. The van der Waals surface area contributed by atoms with Crippen molar-refractivity contribution < 1.29 is 18.9 Å². The van der Waals surface area contributed by atoms with Gasteiger partial charge in [-0.15, -0.1) is 11.3 Å². The van der Waals surface area contributed by atoms with Crippen LogP contribution in [-0.4, -0.2) is 25.9 Å². The van der Waals surface area contributed by atoms with Gasteiger partial charge in [0.15, 0.2) is 11.5 Å². The Kier molecular flexibility index (Phi) is 6.03. The number of benzene rings is 1. The second-order valence-electron chi connectivity index (χ2n) is 7.38. The number of aromatic nitrogens is 1. The summed E-state index contributed by atoms with van der Waals surface area (Å²) in [5.74, 6) is 0.614. The molecule has 0 bridgehead atoms. The Bertz CT molecular complexity index is 1340. The average molecular weight is 466 g/mol. The minimum Gasteiger partial charge on any atom is -0.493 e. The molecule has 3 heterocycles. The number of methoxy groups -OCH3 is 3. The third kappa shape index (κ3) is 3.68. The highest BCUT2D eigenvalue weighted by Gasteiger charge is 2.37. The maximum atomic E-state index is 13.8. The zero-order valence-corrected chi connectivity index (χ0v) is 19.5. The topological polar surface area (TPSA) is 109 Å². The molecular weight excluding hydrogens is 442 g/mol. The number of aryl methyl sites for hydroxylation is 1. The molecule has 1 aromatic carbocycles. The van der Waals surface area contributed by atoms with Crippen LogP contribution < -0.4 is 30.2 Å². The second-order valence-corrected chi connectivity index (χ2v) is 8.41.